The molecule has 0 atom stereocenters. The number of aromatic nitrogens is 1. The van der Waals surface area contributed by atoms with Gasteiger partial charge in [0.15, 0.2) is 0 Å². The summed E-state index contributed by atoms with van der Waals surface area (Å²) in [6, 6.07) is 3.28. The first-order valence-corrected chi connectivity index (χ1v) is 6.67. The third-order valence-electron chi connectivity index (χ3n) is 3.16. The van der Waals surface area contributed by atoms with Gasteiger partial charge in [-0.3, -0.25) is 25.2 Å². The van der Waals surface area contributed by atoms with E-state index < -0.39 is 11.8 Å². The van der Waals surface area contributed by atoms with Crippen LogP contribution in [0, 0.1) is 0 Å². The minimum atomic E-state index is -0.425. The number of likely N-dealkylation sites (tertiary alicyclic amines) is 1. The van der Waals surface area contributed by atoms with Crippen molar-refractivity contribution in [2.24, 2.45) is 0 Å². The maximum absolute atomic E-state index is 11.7. The fourth-order valence-electron chi connectivity index (χ4n) is 2.08. The second-order valence-electron chi connectivity index (χ2n) is 4.71. The molecule has 0 saturated carbocycles. The predicted molar refractivity (Wildman–Crippen MR) is 71.4 cm³/mol. The number of hydrogen-bond acceptors (Lipinski definition) is 3. The number of carbonyl (C=O) groups excluding carboxylic acids is 3. The van der Waals surface area contributed by atoms with Crippen molar-refractivity contribution in [1.29, 1.82) is 0 Å². The van der Waals surface area contributed by atoms with Gasteiger partial charge in [0.2, 0.25) is 5.91 Å². The van der Waals surface area contributed by atoms with Crippen LogP contribution in [0.2, 0.25) is 0 Å². The minimum Gasteiger partial charge on any atom is -0.357 e. The summed E-state index contributed by atoms with van der Waals surface area (Å²) >= 11 is 0. The summed E-state index contributed by atoms with van der Waals surface area (Å²) in [5.74, 6) is -0.834. The normalized spacial score (nSPS) is 15.6. The van der Waals surface area contributed by atoms with Crippen LogP contribution >= 0.6 is 0 Å². The molecule has 1 aromatic rings. The van der Waals surface area contributed by atoms with E-state index in [9.17, 15) is 14.4 Å². The van der Waals surface area contributed by atoms with Crippen LogP contribution in [0.25, 0.3) is 0 Å². The average Bonchev–Trinajstić information content (AvgIpc) is 2.90. The van der Waals surface area contributed by atoms with Crippen molar-refractivity contribution < 1.29 is 14.4 Å². The molecule has 1 aliphatic heterocycles. The van der Waals surface area contributed by atoms with E-state index in [1.54, 1.807) is 18.3 Å². The first-order valence-electron chi connectivity index (χ1n) is 6.67. The van der Waals surface area contributed by atoms with Gasteiger partial charge in [0.25, 0.3) is 11.8 Å². The van der Waals surface area contributed by atoms with E-state index in [0.29, 0.717) is 18.7 Å². The summed E-state index contributed by atoms with van der Waals surface area (Å²) in [6.07, 6.45) is 4.90. The number of aromatic amines is 1. The molecule has 1 aliphatic rings. The van der Waals surface area contributed by atoms with Gasteiger partial charge in [-0.1, -0.05) is 6.42 Å². The lowest BCUT2D eigenvalue weighted by Gasteiger charge is -2.19. The molecule has 20 heavy (non-hydrogen) atoms. The molecule has 2 heterocycles. The Morgan fingerprint density at radius 2 is 2.10 bits per heavy atom. The molecule has 1 saturated heterocycles. The molecule has 3 amide bonds. The highest BCUT2D eigenvalue weighted by Gasteiger charge is 2.19. The maximum Gasteiger partial charge on any atom is 0.286 e. The smallest absolute Gasteiger partial charge is 0.286 e. The number of H-pyrrole nitrogens is 1. The molecule has 0 spiro atoms. The Bertz CT molecular complexity index is 484. The number of amides is 3. The molecule has 7 nitrogen and oxygen atoms in total. The van der Waals surface area contributed by atoms with Crippen LogP contribution < -0.4 is 10.9 Å². The maximum atomic E-state index is 11.7. The number of nitrogens with zero attached hydrogens (tertiary/aromatic N) is 1. The van der Waals surface area contributed by atoms with E-state index in [2.05, 4.69) is 15.8 Å². The summed E-state index contributed by atoms with van der Waals surface area (Å²) in [5.41, 5.74) is 4.96. The molecule has 7 heteroatoms. The predicted octanol–water partition coefficient (Wildman–Crippen LogP) is 0.178. The summed E-state index contributed by atoms with van der Waals surface area (Å²) in [5, 5.41) is 0. The van der Waals surface area contributed by atoms with Crippen LogP contribution in [-0.4, -0.2) is 40.7 Å². The van der Waals surface area contributed by atoms with Gasteiger partial charge in [-0.15, -0.1) is 0 Å². The second-order valence-corrected chi connectivity index (χ2v) is 4.71. The van der Waals surface area contributed by atoms with Crippen LogP contribution in [0.3, 0.4) is 0 Å². The van der Waals surface area contributed by atoms with E-state index in [4.69, 9.17) is 0 Å². The zero-order valence-corrected chi connectivity index (χ0v) is 11.1. The van der Waals surface area contributed by atoms with E-state index in [1.165, 1.54) is 4.90 Å². The highest BCUT2D eigenvalue weighted by molar-refractivity contribution is 5.94. The van der Waals surface area contributed by atoms with Crippen molar-refractivity contribution >= 4 is 17.7 Å². The lowest BCUT2D eigenvalue weighted by molar-refractivity contribution is -0.135. The monoisotopic (exact) mass is 278 g/mol. The topological polar surface area (TPSA) is 94.3 Å². The first-order chi connectivity index (χ1) is 9.66. The number of hydrazine groups is 1. The number of nitrogens with one attached hydrogen (secondary N) is 3. The zero-order valence-electron chi connectivity index (χ0n) is 11.1. The van der Waals surface area contributed by atoms with Crippen LogP contribution in [0.5, 0.6) is 0 Å². The van der Waals surface area contributed by atoms with Crippen molar-refractivity contribution in [3.05, 3.63) is 24.0 Å². The first kappa shape index (κ1) is 14.1. The molecule has 2 rings (SSSR count). The van der Waals surface area contributed by atoms with Gasteiger partial charge in [0.1, 0.15) is 12.2 Å². The Kier molecular flexibility index (Phi) is 4.75. The Morgan fingerprint density at radius 3 is 2.85 bits per heavy atom. The minimum absolute atomic E-state index is 0.00616. The molecule has 3 N–H and O–H groups in total. The standard InChI is InChI=1S/C13H18N4O3/c18-11(9-17-8-3-1-2-6-12(17)19)15-16-13(20)10-5-4-7-14-10/h4-5,7,14H,1-3,6,8-9H2,(H,15,18)(H,16,20). The Balaban J connectivity index is 1.77. The molecular formula is C13H18N4O3. The summed E-state index contributed by atoms with van der Waals surface area (Å²) in [4.78, 5) is 39.3. The third-order valence-corrected chi connectivity index (χ3v) is 3.16. The SMILES string of the molecule is O=C(CN1CCCCCC1=O)NNC(=O)c1ccc[nH]1. The van der Waals surface area contributed by atoms with Gasteiger partial charge in [-0.25, -0.2) is 0 Å². The van der Waals surface area contributed by atoms with E-state index >= 15 is 0 Å². The van der Waals surface area contributed by atoms with Crippen LogP contribution in [0.4, 0.5) is 0 Å². The lowest BCUT2D eigenvalue weighted by atomic mass is 10.2. The summed E-state index contributed by atoms with van der Waals surface area (Å²) in [6.45, 7) is 0.570. The highest BCUT2D eigenvalue weighted by atomic mass is 16.2. The van der Waals surface area contributed by atoms with Gasteiger partial charge in [-0.05, 0) is 25.0 Å². The molecule has 1 aromatic heterocycles. The average molecular weight is 278 g/mol. The molecular weight excluding hydrogens is 260 g/mol. The van der Waals surface area contributed by atoms with Gasteiger partial charge >= 0.3 is 0 Å². The van der Waals surface area contributed by atoms with Gasteiger partial charge in [-0.2, -0.15) is 0 Å². The quantitative estimate of drug-likeness (QED) is 0.688. The number of rotatable bonds is 3. The van der Waals surface area contributed by atoms with Crippen molar-refractivity contribution in [3.63, 3.8) is 0 Å². The number of carbonyl (C=O) groups is 3. The van der Waals surface area contributed by atoms with Crippen molar-refractivity contribution in [2.45, 2.75) is 25.7 Å². The van der Waals surface area contributed by atoms with E-state index in [1.807, 2.05) is 0 Å². The molecule has 108 valence electrons. The molecule has 0 bridgehead atoms. The summed E-state index contributed by atoms with van der Waals surface area (Å²) in [7, 11) is 0. The van der Waals surface area contributed by atoms with Gasteiger partial charge in [0, 0.05) is 19.2 Å². The Morgan fingerprint density at radius 1 is 1.25 bits per heavy atom. The Hall–Kier alpha value is -2.31. The van der Waals surface area contributed by atoms with Crippen LogP contribution in [0.1, 0.15) is 36.2 Å². The van der Waals surface area contributed by atoms with Crippen LogP contribution in [-0.2, 0) is 9.59 Å². The number of hydrogen-bond donors (Lipinski definition) is 3. The second kappa shape index (κ2) is 6.74. The van der Waals surface area contributed by atoms with Gasteiger partial charge < -0.3 is 9.88 Å². The van der Waals surface area contributed by atoms with Crippen molar-refractivity contribution in [1.82, 2.24) is 20.7 Å². The van der Waals surface area contributed by atoms with E-state index in [0.717, 1.165) is 19.3 Å². The third kappa shape index (κ3) is 3.84. The molecule has 0 unspecified atom stereocenters. The Labute approximate surface area is 116 Å². The molecule has 0 radical (unpaired) electrons. The largest absolute Gasteiger partial charge is 0.357 e. The van der Waals surface area contributed by atoms with E-state index in [-0.39, 0.29) is 12.5 Å². The zero-order chi connectivity index (χ0) is 14.4. The van der Waals surface area contributed by atoms with Crippen molar-refractivity contribution in [2.75, 3.05) is 13.1 Å². The van der Waals surface area contributed by atoms with Crippen molar-refractivity contribution in [3.8, 4) is 0 Å². The molecule has 0 aliphatic carbocycles. The fourth-order valence-corrected chi connectivity index (χ4v) is 2.08. The summed E-state index contributed by atoms with van der Waals surface area (Å²) < 4.78 is 0. The van der Waals surface area contributed by atoms with Crippen LogP contribution in [0.15, 0.2) is 18.3 Å². The fraction of sp³-hybridized carbons (Fsp3) is 0.462. The lowest BCUT2D eigenvalue weighted by Crippen LogP contribution is -2.47. The molecule has 1 fully saturated rings. The highest BCUT2D eigenvalue weighted by Crippen LogP contribution is 2.10. The molecule has 0 aromatic carbocycles. The van der Waals surface area contributed by atoms with Gasteiger partial charge in [0.05, 0.1) is 0 Å².